The van der Waals surface area contributed by atoms with E-state index in [1.165, 1.54) is 0 Å². The lowest BCUT2D eigenvalue weighted by molar-refractivity contribution is 0.741. The molecule has 0 aliphatic rings. The second-order valence-corrected chi connectivity index (χ2v) is 4.19. The van der Waals surface area contributed by atoms with Crippen molar-refractivity contribution in [1.29, 1.82) is 0 Å². The van der Waals surface area contributed by atoms with Gasteiger partial charge in [-0.25, -0.2) is 9.97 Å². The van der Waals surface area contributed by atoms with Crippen molar-refractivity contribution in [2.45, 2.75) is 13.3 Å². The first-order valence-electron chi connectivity index (χ1n) is 5.44. The van der Waals surface area contributed by atoms with E-state index < -0.39 is 0 Å². The van der Waals surface area contributed by atoms with Crippen LogP contribution in [0.25, 0.3) is 0 Å². The Morgan fingerprint density at radius 3 is 2.89 bits per heavy atom. The third-order valence-electron chi connectivity index (χ3n) is 2.40. The van der Waals surface area contributed by atoms with Crippen molar-refractivity contribution in [2.75, 3.05) is 17.6 Å². The minimum absolute atomic E-state index is 0.181. The molecule has 0 spiro atoms. The fourth-order valence-corrected chi connectivity index (χ4v) is 1.68. The molecule has 2 rings (SSSR count). The molecule has 0 aliphatic heterocycles. The number of halogens is 1. The summed E-state index contributed by atoms with van der Waals surface area (Å²) in [6.07, 6.45) is 2.34. The van der Waals surface area contributed by atoms with Gasteiger partial charge in [0.15, 0.2) is 11.6 Å². The van der Waals surface area contributed by atoms with Crippen molar-refractivity contribution < 1.29 is 0 Å². The lowest BCUT2D eigenvalue weighted by atomic mass is 10.3. The number of hydrogen-bond acceptors (Lipinski definition) is 6. The van der Waals surface area contributed by atoms with Crippen LogP contribution in [0.5, 0.6) is 0 Å². The zero-order valence-electron chi connectivity index (χ0n) is 10.2. The predicted molar refractivity (Wildman–Crippen MR) is 69.4 cm³/mol. The summed E-state index contributed by atoms with van der Waals surface area (Å²) in [6.45, 7) is 2.41. The van der Waals surface area contributed by atoms with Crippen LogP contribution in [0.2, 0.25) is 5.28 Å². The zero-order valence-corrected chi connectivity index (χ0v) is 10.9. The fourth-order valence-electron chi connectivity index (χ4n) is 1.47. The first-order valence-corrected chi connectivity index (χ1v) is 5.82. The molecule has 0 bridgehead atoms. The molecule has 0 amide bonds. The molecular weight excluding hydrogens is 254 g/mol. The highest BCUT2D eigenvalue weighted by atomic mass is 35.5. The molecule has 2 aromatic rings. The maximum absolute atomic E-state index is 5.85. The number of nitrogens with zero attached hydrogens (tertiary/aromatic N) is 5. The summed E-state index contributed by atoms with van der Waals surface area (Å²) < 4.78 is 1.66. The standard InChI is InChI=1S/C10H14ClN7/c1-6-8(12)9(16-10(11)15-6)13-4-3-7-14-5-18(2)17-7/h5H,3-4,12H2,1-2H3,(H,13,15,16). The molecule has 8 heteroatoms. The SMILES string of the molecule is Cc1nc(Cl)nc(NCCc2ncn(C)n2)c1N. The van der Waals surface area contributed by atoms with Gasteiger partial charge in [-0.3, -0.25) is 4.68 Å². The average molecular weight is 268 g/mol. The van der Waals surface area contributed by atoms with E-state index >= 15 is 0 Å². The van der Waals surface area contributed by atoms with E-state index in [0.717, 1.165) is 5.82 Å². The monoisotopic (exact) mass is 267 g/mol. The molecule has 96 valence electrons. The van der Waals surface area contributed by atoms with Crippen LogP contribution in [0.15, 0.2) is 6.33 Å². The van der Waals surface area contributed by atoms with Gasteiger partial charge in [0.25, 0.3) is 0 Å². The van der Waals surface area contributed by atoms with E-state index in [9.17, 15) is 0 Å². The number of anilines is 2. The molecule has 0 unspecified atom stereocenters. The number of aryl methyl sites for hydroxylation is 2. The van der Waals surface area contributed by atoms with Gasteiger partial charge in [0, 0.05) is 20.0 Å². The van der Waals surface area contributed by atoms with Gasteiger partial charge in [0.1, 0.15) is 6.33 Å². The molecular formula is C10H14ClN7. The van der Waals surface area contributed by atoms with Crippen molar-refractivity contribution in [3.05, 3.63) is 23.1 Å². The number of hydrogen-bond donors (Lipinski definition) is 2. The molecule has 0 radical (unpaired) electrons. The van der Waals surface area contributed by atoms with Crippen molar-refractivity contribution in [2.24, 2.45) is 7.05 Å². The topological polar surface area (TPSA) is 94.5 Å². The van der Waals surface area contributed by atoms with Crippen molar-refractivity contribution in [3.63, 3.8) is 0 Å². The quantitative estimate of drug-likeness (QED) is 0.796. The van der Waals surface area contributed by atoms with Gasteiger partial charge in [0.2, 0.25) is 5.28 Å². The van der Waals surface area contributed by atoms with E-state index in [-0.39, 0.29) is 5.28 Å². The summed E-state index contributed by atoms with van der Waals surface area (Å²) in [5.74, 6) is 1.31. The molecule has 0 atom stereocenters. The molecule has 0 saturated carbocycles. The van der Waals surface area contributed by atoms with Gasteiger partial charge < -0.3 is 11.1 Å². The second kappa shape index (κ2) is 5.18. The highest BCUT2D eigenvalue weighted by Crippen LogP contribution is 2.20. The highest BCUT2D eigenvalue weighted by Gasteiger charge is 2.07. The first-order chi connectivity index (χ1) is 8.56. The van der Waals surface area contributed by atoms with Crippen molar-refractivity contribution >= 4 is 23.1 Å². The Morgan fingerprint density at radius 2 is 2.22 bits per heavy atom. The van der Waals surface area contributed by atoms with Gasteiger partial charge >= 0.3 is 0 Å². The molecule has 0 fully saturated rings. The van der Waals surface area contributed by atoms with Gasteiger partial charge in [0.05, 0.1) is 11.4 Å². The van der Waals surface area contributed by atoms with Gasteiger partial charge in [-0.1, -0.05) is 0 Å². The average Bonchev–Trinajstić information content (AvgIpc) is 2.71. The molecule has 3 N–H and O–H groups in total. The maximum Gasteiger partial charge on any atom is 0.224 e. The molecule has 0 aliphatic carbocycles. The molecule has 0 saturated heterocycles. The number of aromatic nitrogens is 5. The first kappa shape index (κ1) is 12.6. The Hall–Kier alpha value is -1.89. The van der Waals surface area contributed by atoms with Gasteiger partial charge in [-0.2, -0.15) is 10.1 Å². The van der Waals surface area contributed by atoms with Crippen LogP contribution in [0.3, 0.4) is 0 Å². The minimum atomic E-state index is 0.181. The van der Waals surface area contributed by atoms with Gasteiger partial charge in [-0.15, -0.1) is 0 Å². The van der Waals surface area contributed by atoms with Gasteiger partial charge in [-0.05, 0) is 18.5 Å². The fraction of sp³-hybridized carbons (Fsp3) is 0.400. The predicted octanol–water partition coefficient (Wildman–Crippen LogP) is 0.804. The summed E-state index contributed by atoms with van der Waals surface area (Å²) in [5, 5.41) is 7.46. The third-order valence-corrected chi connectivity index (χ3v) is 2.57. The third kappa shape index (κ3) is 2.86. The van der Waals surface area contributed by atoms with Crippen LogP contribution in [-0.2, 0) is 13.5 Å². The van der Waals surface area contributed by atoms with Crippen LogP contribution in [-0.4, -0.2) is 31.3 Å². The Balaban J connectivity index is 1.98. The largest absolute Gasteiger partial charge is 0.394 e. The lowest BCUT2D eigenvalue weighted by Crippen LogP contribution is -2.11. The zero-order chi connectivity index (χ0) is 13.1. The Bertz CT molecular complexity index is 551. The second-order valence-electron chi connectivity index (χ2n) is 3.85. The minimum Gasteiger partial charge on any atom is -0.394 e. The number of rotatable bonds is 4. The van der Waals surface area contributed by atoms with Crippen molar-refractivity contribution in [1.82, 2.24) is 24.7 Å². The van der Waals surface area contributed by atoms with Crippen LogP contribution < -0.4 is 11.1 Å². The molecule has 7 nitrogen and oxygen atoms in total. The maximum atomic E-state index is 5.85. The Labute approximate surface area is 109 Å². The number of nitrogens with two attached hydrogens (primary N) is 1. The Kier molecular flexibility index (Phi) is 3.61. The van der Waals surface area contributed by atoms with E-state index in [2.05, 4.69) is 25.4 Å². The van der Waals surface area contributed by atoms with E-state index in [4.69, 9.17) is 17.3 Å². The normalized spacial score (nSPS) is 10.6. The molecule has 0 aromatic carbocycles. The van der Waals surface area contributed by atoms with E-state index in [1.807, 2.05) is 7.05 Å². The smallest absolute Gasteiger partial charge is 0.224 e. The van der Waals surface area contributed by atoms with Crippen LogP contribution in [0.1, 0.15) is 11.5 Å². The number of nitrogen functional groups attached to an aromatic ring is 1. The van der Waals surface area contributed by atoms with Crippen LogP contribution in [0.4, 0.5) is 11.5 Å². The summed E-state index contributed by atoms with van der Waals surface area (Å²) >= 11 is 5.78. The lowest BCUT2D eigenvalue weighted by Gasteiger charge is -2.09. The number of nitrogens with one attached hydrogen (secondary N) is 1. The van der Waals surface area contributed by atoms with Crippen LogP contribution in [0, 0.1) is 6.92 Å². The molecule has 18 heavy (non-hydrogen) atoms. The van der Waals surface area contributed by atoms with E-state index in [1.54, 1.807) is 17.9 Å². The molecule has 2 heterocycles. The van der Waals surface area contributed by atoms with E-state index in [0.29, 0.717) is 30.2 Å². The van der Waals surface area contributed by atoms with Crippen LogP contribution >= 0.6 is 11.6 Å². The summed E-state index contributed by atoms with van der Waals surface area (Å²) in [6, 6.07) is 0. The summed E-state index contributed by atoms with van der Waals surface area (Å²) in [5.41, 5.74) is 7.02. The summed E-state index contributed by atoms with van der Waals surface area (Å²) in [7, 11) is 1.83. The highest BCUT2D eigenvalue weighted by molar-refractivity contribution is 6.28. The molecule has 2 aromatic heterocycles. The Morgan fingerprint density at radius 1 is 1.44 bits per heavy atom. The van der Waals surface area contributed by atoms with Crippen molar-refractivity contribution in [3.8, 4) is 0 Å². The summed E-state index contributed by atoms with van der Waals surface area (Å²) in [4.78, 5) is 12.1.